The number of para-hydroxylation sites is 2. The standard InChI is InChI=1S/C30H29N3O4/c1-32(2)16-9-17-33-27(20-10-8-13-22(18-20)37-21-11-4-3-5-12-21)26(29(35)30(33)36)28(34)24-19-31-25-15-7-6-14-23(24)25/h3-8,10-15,18-19,27,31,34H,9,16-17H2,1-2H3/b28-26-. The van der Waals surface area contributed by atoms with Gasteiger partial charge >= 0.3 is 0 Å². The van der Waals surface area contributed by atoms with E-state index in [2.05, 4.69) is 4.98 Å². The van der Waals surface area contributed by atoms with Gasteiger partial charge in [0.15, 0.2) is 0 Å². The number of benzene rings is 3. The molecule has 3 aromatic carbocycles. The van der Waals surface area contributed by atoms with Crippen molar-refractivity contribution in [2.75, 3.05) is 27.2 Å². The van der Waals surface area contributed by atoms with Crippen LogP contribution in [-0.2, 0) is 9.59 Å². The van der Waals surface area contributed by atoms with Crippen LogP contribution < -0.4 is 4.74 Å². The Bertz CT molecular complexity index is 1470. The topological polar surface area (TPSA) is 85.9 Å². The summed E-state index contributed by atoms with van der Waals surface area (Å²) in [6.45, 7) is 1.14. The number of aromatic nitrogens is 1. The molecule has 7 heteroatoms. The van der Waals surface area contributed by atoms with Gasteiger partial charge in [-0.05, 0) is 63.0 Å². The number of carbonyl (C=O) groups is 2. The second-order valence-electron chi connectivity index (χ2n) is 9.38. The number of amides is 1. The minimum atomic E-state index is -0.741. The Balaban J connectivity index is 1.60. The molecule has 188 valence electrons. The molecule has 1 fully saturated rings. The first kappa shape index (κ1) is 24.3. The number of rotatable bonds is 8. The summed E-state index contributed by atoms with van der Waals surface area (Å²) in [5, 5.41) is 12.3. The molecule has 37 heavy (non-hydrogen) atoms. The highest BCUT2D eigenvalue weighted by atomic mass is 16.5. The molecular weight excluding hydrogens is 466 g/mol. The first-order valence-corrected chi connectivity index (χ1v) is 12.3. The average molecular weight is 496 g/mol. The Labute approximate surface area is 215 Å². The zero-order chi connectivity index (χ0) is 25.9. The van der Waals surface area contributed by atoms with Crippen molar-refractivity contribution in [2.24, 2.45) is 0 Å². The molecule has 0 saturated carbocycles. The van der Waals surface area contributed by atoms with Crippen LogP contribution in [0.15, 0.2) is 90.6 Å². The Morgan fingerprint density at radius 2 is 1.70 bits per heavy atom. The monoisotopic (exact) mass is 495 g/mol. The highest BCUT2D eigenvalue weighted by Gasteiger charge is 2.46. The predicted molar refractivity (Wildman–Crippen MR) is 143 cm³/mol. The maximum Gasteiger partial charge on any atom is 0.295 e. The van der Waals surface area contributed by atoms with Gasteiger partial charge in [-0.25, -0.2) is 0 Å². The van der Waals surface area contributed by atoms with Gasteiger partial charge in [-0.3, -0.25) is 9.59 Å². The number of nitrogens with one attached hydrogen (secondary N) is 1. The average Bonchev–Trinajstić information content (AvgIpc) is 3.44. The number of aromatic amines is 1. The van der Waals surface area contributed by atoms with Gasteiger partial charge in [0.2, 0.25) is 0 Å². The van der Waals surface area contributed by atoms with Gasteiger partial charge in [-0.1, -0.05) is 48.5 Å². The number of H-pyrrole nitrogens is 1. The lowest BCUT2D eigenvalue weighted by atomic mass is 9.95. The third kappa shape index (κ3) is 4.86. The summed E-state index contributed by atoms with van der Waals surface area (Å²) >= 11 is 0. The van der Waals surface area contributed by atoms with Crippen LogP contribution in [0.5, 0.6) is 11.5 Å². The molecule has 1 aromatic heterocycles. The van der Waals surface area contributed by atoms with Crippen molar-refractivity contribution in [1.29, 1.82) is 0 Å². The van der Waals surface area contributed by atoms with E-state index < -0.39 is 17.7 Å². The fourth-order valence-corrected chi connectivity index (χ4v) is 4.80. The normalized spacial score (nSPS) is 17.2. The molecule has 1 aliphatic rings. The smallest absolute Gasteiger partial charge is 0.295 e. The zero-order valence-electron chi connectivity index (χ0n) is 20.8. The van der Waals surface area contributed by atoms with Crippen molar-refractivity contribution in [3.63, 3.8) is 0 Å². The molecule has 1 saturated heterocycles. The van der Waals surface area contributed by atoms with E-state index in [1.54, 1.807) is 11.1 Å². The van der Waals surface area contributed by atoms with Gasteiger partial charge in [-0.15, -0.1) is 0 Å². The first-order valence-electron chi connectivity index (χ1n) is 12.3. The van der Waals surface area contributed by atoms with Crippen LogP contribution in [0.4, 0.5) is 0 Å². The molecule has 2 N–H and O–H groups in total. The van der Waals surface area contributed by atoms with Crippen LogP contribution in [0.2, 0.25) is 0 Å². The van der Waals surface area contributed by atoms with Crippen molar-refractivity contribution >= 4 is 28.4 Å². The summed E-state index contributed by atoms with van der Waals surface area (Å²) < 4.78 is 6.03. The van der Waals surface area contributed by atoms with E-state index in [0.29, 0.717) is 35.6 Å². The van der Waals surface area contributed by atoms with Crippen LogP contribution in [0, 0.1) is 0 Å². The highest BCUT2D eigenvalue weighted by Crippen LogP contribution is 2.41. The summed E-state index contributed by atoms with van der Waals surface area (Å²) in [5.41, 5.74) is 2.10. The van der Waals surface area contributed by atoms with Crippen molar-refractivity contribution in [3.8, 4) is 11.5 Å². The maximum absolute atomic E-state index is 13.4. The van der Waals surface area contributed by atoms with Gasteiger partial charge in [-0.2, -0.15) is 0 Å². The second kappa shape index (κ2) is 10.3. The number of ketones is 1. The molecule has 1 atom stereocenters. The number of likely N-dealkylation sites (tertiary alicyclic amines) is 1. The first-order chi connectivity index (χ1) is 17.9. The largest absolute Gasteiger partial charge is 0.507 e. The fourth-order valence-electron chi connectivity index (χ4n) is 4.80. The van der Waals surface area contributed by atoms with Crippen molar-refractivity contribution < 1.29 is 19.4 Å². The predicted octanol–water partition coefficient (Wildman–Crippen LogP) is 5.33. The van der Waals surface area contributed by atoms with Crippen LogP contribution in [0.3, 0.4) is 0 Å². The minimum absolute atomic E-state index is 0.0801. The lowest BCUT2D eigenvalue weighted by Gasteiger charge is -2.26. The van der Waals surface area contributed by atoms with E-state index in [9.17, 15) is 14.7 Å². The van der Waals surface area contributed by atoms with E-state index in [0.717, 1.165) is 17.4 Å². The van der Waals surface area contributed by atoms with E-state index in [1.165, 1.54) is 0 Å². The number of aliphatic hydroxyl groups excluding tert-OH is 1. The third-order valence-electron chi connectivity index (χ3n) is 6.54. The number of fused-ring (bicyclic) bond motifs is 1. The van der Waals surface area contributed by atoms with E-state index in [1.807, 2.05) is 97.9 Å². The molecule has 1 unspecified atom stereocenters. The number of carbonyl (C=O) groups excluding carboxylic acids is 2. The molecule has 0 bridgehead atoms. The molecule has 7 nitrogen and oxygen atoms in total. The number of aliphatic hydroxyl groups is 1. The SMILES string of the molecule is CN(C)CCCN1C(=O)C(=O)/C(=C(\O)c2c[nH]c3ccccc23)C1c1cccc(Oc2ccccc2)c1. The van der Waals surface area contributed by atoms with E-state index >= 15 is 0 Å². The number of Topliss-reactive ketones (excluding diaryl/α,β-unsaturated/α-hetero) is 1. The summed E-state index contributed by atoms with van der Waals surface area (Å²) in [7, 11) is 3.93. The molecule has 4 aromatic rings. The lowest BCUT2D eigenvalue weighted by Crippen LogP contribution is -2.32. The van der Waals surface area contributed by atoms with Gasteiger partial charge in [0.25, 0.3) is 11.7 Å². The lowest BCUT2D eigenvalue weighted by molar-refractivity contribution is -0.139. The van der Waals surface area contributed by atoms with Gasteiger partial charge in [0.1, 0.15) is 17.3 Å². The van der Waals surface area contributed by atoms with E-state index in [4.69, 9.17) is 4.74 Å². The summed E-state index contributed by atoms with van der Waals surface area (Å²) in [5.74, 6) is -0.232. The Hall–Kier alpha value is -4.36. The number of hydrogen-bond donors (Lipinski definition) is 2. The molecular formula is C30H29N3O4. The Morgan fingerprint density at radius 3 is 2.49 bits per heavy atom. The Kier molecular flexibility index (Phi) is 6.79. The Morgan fingerprint density at radius 1 is 0.973 bits per heavy atom. The molecule has 2 heterocycles. The summed E-state index contributed by atoms with van der Waals surface area (Å²) in [4.78, 5) is 33.4. The highest BCUT2D eigenvalue weighted by molar-refractivity contribution is 6.46. The fraction of sp³-hybridized carbons (Fsp3) is 0.200. The van der Waals surface area contributed by atoms with Gasteiger partial charge in [0.05, 0.1) is 11.6 Å². The minimum Gasteiger partial charge on any atom is -0.507 e. The zero-order valence-corrected chi connectivity index (χ0v) is 20.8. The molecule has 0 spiro atoms. The molecule has 1 aliphatic heterocycles. The summed E-state index contributed by atoms with van der Waals surface area (Å²) in [6.07, 6.45) is 2.36. The number of ether oxygens (including phenoxy) is 1. The third-order valence-corrected chi connectivity index (χ3v) is 6.54. The van der Waals surface area contributed by atoms with E-state index in [-0.39, 0.29) is 11.3 Å². The van der Waals surface area contributed by atoms with Gasteiger partial charge in [0, 0.05) is 29.2 Å². The summed E-state index contributed by atoms with van der Waals surface area (Å²) in [6, 6.07) is 23.5. The maximum atomic E-state index is 13.4. The second-order valence-corrected chi connectivity index (χ2v) is 9.38. The van der Waals surface area contributed by atoms with Crippen molar-refractivity contribution in [1.82, 2.24) is 14.8 Å². The molecule has 5 rings (SSSR count). The van der Waals surface area contributed by atoms with Crippen LogP contribution in [0.25, 0.3) is 16.7 Å². The molecule has 1 amide bonds. The van der Waals surface area contributed by atoms with Gasteiger partial charge < -0.3 is 24.6 Å². The van der Waals surface area contributed by atoms with Crippen LogP contribution in [-0.4, -0.2) is 58.8 Å². The molecule has 0 radical (unpaired) electrons. The number of nitrogens with zero attached hydrogens (tertiary/aromatic N) is 2. The number of hydrogen-bond acceptors (Lipinski definition) is 5. The van der Waals surface area contributed by atoms with Crippen LogP contribution >= 0.6 is 0 Å². The molecule has 0 aliphatic carbocycles. The van der Waals surface area contributed by atoms with Crippen molar-refractivity contribution in [3.05, 3.63) is 102 Å². The van der Waals surface area contributed by atoms with Crippen LogP contribution in [0.1, 0.15) is 23.6 Å². The quantitative estimate of drug-likeness (QED) is 0.196. The van der Waals surface area contributed by atoms with Crippen molar-refractivity contribution in [2.45, 2.75) is 12.5 Å².